The van der Waals surface area contributed by atoms with E-state index in [1.807, 2.05) is 12.1 Å². The van der Waals surface area contributed by atoms with E-state index in [0.717, 1.165) is 18.4 Å². The number of nitriles is 1. The molecular weight excluding hydrogens is 350 g/mol. The number of rotatable bonds is 6. The number of carbonyl (C=O) groups excluding carboxylic acids is 2. The Labute approximate surface area is 157 Å². The highest BCUT2D eigenvalue weighted by molar-refractivity contribution is 6.34. The fourth-order valence-electron chi connectivity index (χ4n) is 2.50. The molecule has 132 valence electrons. The molecule has 0 unspecified atom stereocenters. The van der Waals surface area contributed by atoms with Gasteiger partial charge in [0.15, 0.2) is 0 Å². The second-order valence-electron chi connectivity index (χ2n) is 6.30. The lowest BCUT2D eigenvalue weighted by atomic mass is 10.1. The molecule has 1 aliphatic rings. The first-order valence-corrected chi connectivity index (χ1v) is 8.82. The molecule has 1 saturated carbocycles. The van der Waals surface area contributed by atoms with Crippen molar-refractivity contribution in [3.8, 4) is 6.07 Å². The number of amides is 2. The Kier molecular flexibility index (Phi) is 5.55. The Balaban J connectivity index is 1.57. The zero-order valence-electron chi connectivity index (χ0n) is 14.1. The minimum atomic E-state index is -0.216. The summed E-state index contributed by atoms with van der Waals surface area (Å²) in [6.07, 6.45) is 2.86. The van der Waals surface area contributed by atoms with Crippen molar-refractivity contribution in [2.45, 2.75) is 31.7 Å². The van der Waals surface area contributed by atoms with E-state index in [1.165, 1.54) is 0 Å². The molecule has 0 heterocycles. The van der Waals surface area contributed by atoms with E-state index in [-0.39, 0.29) is 17.9 Å². The normalized spacial score (nSPS) is 12.9. The lowest BCUT2D eigenvalue weighted by Crippen LogP contribution is -2.25. The second-order valence-corrected chi connectivity index (χ2v) is 6.71. The highest BCUT2D eigenvalue weighted by Gasteiger charge is 2.24. The zero-order chi connectivity index (χ0) is 18.5. The molecule has 26 heavy (non-hydrogen) atoms. The fourth-order valence-corrected chi connectivity index (χ4v) is 2.70. The van der Waals surface area contributed by atoms with Crippen molar-refractivity contribution in [1.29, 1.82) is 5.26 Å². The predicted molar refractivity (Wildman–Crippen MR) is 100 cm³/mol. The largest absolute Gasteiger partial charge is 0.349 e. The summed E-state index contributed by atoms with van der Waals surface area (Å²) in [6, 6.07) is 14.3. The van der Waals surface area contributed by atoms with E-state index in [1.54, 1.807) is 30.3 Å². The number of hydrogen-bond acceptors (Lipinski definition) is 3. The third kappa shape index (κ3) is 4.84. The summed E-state index contributed by atoms with van der Waals surface area (Å²) >= 11 is 6.10. The lowest BCUT2D eigenvalue weighted by molar-refractivity contribution is -0.116. The first-order valence-electron chi connectivity index (χ1n) is 8.44. The third-order valence-corrected chi connectivity index (χ3v) is 4.46. The molecule has 2 amide bonds. The third-order valence-electron chi connectivity index (χ3n) is 4.13. The fraction of sp³-hybridized carbons (Fsp3) is 0.250. The number of aryl methyl sites for hydroxylation is 1. The van der Waals surface area contributed by atoms with Crippen molar-refractivity contribution in [3.05, 3.63) is 64.2 Å². The molecule has 1 fully saturated rings. The number of hydrogen-bond donors (Lipinski definition) is 2. The SMILES string of the molecule is N#Cc1ccc(CCC(=O)Nc2ccc(Cl)c(C(=O)NC3CC3)c2)cc1. The smallest absolute Gasteiger partial charge is 0.253 e. The average molecular weight is 368 g/mol. The molecule has 1 aliphatic carbocycles. The van der Waals surface area contributed by atoms with Crippen LogP contribution in [0.4, 0.5) is 5.69 Å². The Hall–Kier alpha value is -2.84. The van der Waals surface area contributed by atoms with E-state index in [9.17, 15) is 9.59 Å². The summed E-state index contributed by atoms with van der Waals surface area (Å²) in [5.41, 5.74) is 2.49. The number of nitrogens with one attached hydrogen (secondary N) is 2. The van der Waals surface area contributed by atoms with Crippen LogP contribution >= 0.6 is 11.6 Å². The molecule has 0 aliphatic heterocycles. The summed E-state index contributed by atoms with van der Waals surface area (Å²) in [6.45, 7) is 0. The van der Waals surface area contributed by atoms with Crippen LogP contribution in [-0.2, 0) is 11.2 Å². The zero-order valence-corrected chi connectivity index (χ0v) is 14.8. The Bertz CT molecular complexity index is 868. The summed E-state index contributed by atoms with van der Waals surface area (Å²) in [5.74, 6) is -0.364. The van der Waals surface area contributed by atoms with E-state index < -0.39 is 0 Å². The number of benzene rings is 2. The second kappa shape index (κ2) is 8.03. The van der Waals surface area contributed by atoms with Crippen molar-refractivity contribution >= 4 is 29.1 Å². The van der Waals surface area contributed by atoms with Crippen LogP contribution in [-0.4, -0.2) is 17.9 Å². The molecule has 2 aromatic rings. The maximum Gasteiger partial charge on any atom is 0.253 e. The van der Waals surface area contributed by atoms with Crippen molar-refractivity contribution in [2.24, 2.45) is 0 Å². The van der Waals surface area contributed by atoms with Crippen molar-refractivity contribution < 1.29 is 9.59 Å². The van der Waals surface area contributed by atoms with Gasteiger partial charge in [-0.15, -0.1) is 0 Å². The maximum atomic E-state index is 12.2. The summed E-state index contributed by atoms with van der Waals surface area (Å²) in [7, 11) is 0. The number of carbonyl (C=O) groups is 2. The van der Waals surface area contributed by atoms with Gasteiger partial charge in [-0.1, -0.05) is 23.7 Å². The van der Waals surface area contributed by atoms with E-state index in [4.69, 9.17) is 16.9 Å². The van der Waals surface area contributed by atoms with Gasteiger partial charge in [0, 0.05) is 18.2 Å². The minimum absolute atomic E-state index is 0.148. The van der Waals surface area contributed by atoms with Crippen LogP contribution < -0.4 is 10.6 Å². The summed E-state index contributed by atoms with van der Waals surface area (Å²) < 4.78 is 0. The van der Waals surface area contributed by atoms with Crippen LogP contribution in [0.15, 0.2) is 42.5 Å². The van der Waals surface area contributed by atoms with E-state index >= 15 is 0 Å². The molecule has 6 heteroatoms. The van der Waals surface area contributed by atoms with Gasteiger partial charge in [-0.3, -0.25) is 9.59 Å². The van der Waals surface area contributed by atoms with Gasteiger partial charge in [-0.2, -0.15) is 5.26 Å². The summed E-state index contributed by atoms with van der Waals surface area (Å²) in [5, 5.41) is 14.8. The van der Waals surface area contributed by atoms with Gasteiger partial charge < -0.3 is 10.6 Å². The molecule has 0 saturated heterocycles. The lowest BCUT2D eigenvalue weighted by Gasteiger charge is -2.10. The Morgan fingerprint density at radius 1 is 1.15 bits per heavy atom. The molecule has 5 nitrogen and oxygen atoms in total. The highest BCUT2D eigenvalue weighted by atomic mass is 35.5. The van der Waals surface area contributed by atoms with E-state index in [0.29, 0.717) is 34.7 Å². The standard InChI is InChI=1S/C20H18ClN3O2/c21-18-9-8-16(11-17(18)20(26)24-15-6-7-15)23-19(25)10-5-13-1-3-14(12-22)4-2-13/h1-4,8-9,11,15H,5-7,10H2,(H,23,25)(H,24,26). The van der Waals surface area contributed by atoms with Gasteiger partial charge in [0.25, 0.3) is 5.91 Å². The van der Waals surface area contributed by atoms with Crippen LogP contribution in [0.3, 0.4) is 0 Å². The highest BCUT2D eigenvalue weighted by Crippen LogP contribution is 2.24. The average Bonchev–Trinajstić information content (AvgIpc) is 3.46. The molecule has 0 bridgehead atoms. The van der Waals surface area contributed by atoms with Crippen molar-refractivity contribution in [1.82, 2.24) is 5.32 Å². The molecule has 0 aromatic heterocycles. The van der Waals surface area contributed by atoms with Crippen LogP contribution in [0.1, 0.15) is 40.7 Å². The monoisotopic (exact) mass is 367 g/mol. The van der Waals surface area contributed by atoms with Gasteiger partial charge >= 0.3 is 0 Å². The Morgan fingerprint density at radius 2 is 1.88 bits per heavy atom. The van der Waals surface area contributed by atoms with Crippen LogP contribution in [0.25, 0.3) is 0 Å². The quantitative estimate of drug-likeness (QED) is 0.817. The van der Waals surface area contributed by atoms with Crippen LogP contribution in [0, 0.1) is 11.3 Å². The van der Waals surface area contributed by atoms with Crippen molar-refractivity contribution in [2.75, 3.05) is 5.32 Å². The number of anilines is 1. The van der Waals surface area contributed by atoms with Gasteiger partial charge in [0.05, 0.1) is 22.2 Å². The number of halogens is 1. The topological polar surface area (TPSA) is 82.0 Å². The maximum absolute atomic E-state index is 12.2. The van der Waals surface area contributed by atoms with Crippen molar-refractivity contribution in [3.63, 3.8) is 0 Å². The first-order chi connectivity index (χ1) is 12.5. The number of nitrogens with zero attached hydrogens (tertiary/aromatic N) is 1. The molecule has 2 aromatic carbocycles. The van der Waals surface area contributed by atoms with E-state index in [2.05, 4.69) is 16.7 Å². The first kappa shape index (κ1) is 18.0. The predicted octanol–water partition coefficient (Wildman–Crippen LogP) is 3.68. The molecule has 0 atom stereocenters. The molecule has 0 radical (unpaired) electrons. The Morgan fingerprint density at radius 3 is 2.54 bits per heavy atom. The summed E-state index contributed by atoms with van der Waals surface area (Å²) in [4.78, 5) is 24.4. The van der Waals surface area contributed by atoms with Gasteiger partial charge in [0.2, 0.25) is 5.91 Å². The van der Waals surface area contributed by atoms with Crippen LogP contribution in [0.2, 0.25) is 5.02 Å². The van der Waals surface area contributed by atoms with Gasteiger partial charge in [-0.05, 0) is 55.2 Å². The van der Waals surface area contributed by atoms with Crippen LogP contribution in [0.5, 0.6) is 0 Å². The van der Waals surface area contributed by atoms with Gasteiger partial charge in [0.1, 0.15) is 0 Å². The molecular formula is C20H18ClN3O2. The van der Waals surface area contributed by atoms with Gasteiger partial charge in [-0.25, -0.2) is 0 Å². The molecule has 2 N–H and O–H groups in total. The molecule has 0 spiro atoms. The minimum Gasteiger partial charge on any atom is -0.349 e. The molecule has 3 rings (SSSR count).